The van der Waals surface area contributed by atoms with E-state index in [1.165, 1.54) is 0 Å². The van der Waals surface area contributed by atoms with Crippen molar-refractivity contribution in [3.63, 3.8) is 0 Å². The molecular formula is C18H28N2O3S. The van der Waals surface area contributed by atoms with Gasteiger partial charge in [0.25, 0.3) is 0 Å². The zero-order valence-corrected chi connectivity index (χ0v) is 15.4. The van der Waals surface area contributed by atoms with Gasteiger partial charge in [0.15, 0.2) is 0 Å². The van der Waals surface area contributed by atoms with Crippen molar-refractivity contribution >= 4 is 15.9 Å². The average Bonchev–Trinajstić information content (AvgIpc) is 2.60. The van der Waals surface area contributed by atoms with Crippen LogP contribution in [0, 0.1) is 5.92 Å². The molecule has 1 aromatic carbocycles. The maximum atomic E-state index is 12.4. The van der Waals surface area contributed by atoms with Crippen molar-refractivity contribution in [3.8, 4) is 0 Å². The van der Waals surface area contributed by atoms with Gasteiger partial charge in [-0.25, -0.2) is 12.7 Å². The first-order chi connectivity index (χ1) is 11.4. The first-order valence-corrected chi connectivity index (χ1v) is 10.4. The Morgan fingerprint density at radius 3 is 2.46 bits per heavy atom. The molecule has 0 aromatic heterocycles. The molecule has 1 saturated heterocycles. The van der Waals surface area contributed by atoms with Crippen LogP contribution >= 0.6 is 0 Å². The molecule has 0 radical (unpaired) electrons. The van der Waals surface area contributed by atoms with E-state index in [0.29, 0.717) is 32.4 Å². The number of hydrogen-bond acceptors (Lipinski definition) is 3. The largest absolute Gasteiger partial charge is 0.349 e. The summed E-state index contributed by atoms with van der Waals surface area (Å²) in [6, 6.07) is 9.81. The van der Waals surface area contributed by atoms with Gasteiger partial charge in [0.1, 0.15) is 0 Å². The Labute approximate surface area is 145 Å². The zero-order valence-electron chi connectivity index (χ0n) is 14.6. The molecule has 1 fully saturated rings. The third-order valence-corrected chi connectivity index (χ3v) is 6.59. The Balaban J connectivity index is 1.84. The van der Waals surface area contributed by atoms with E-state index >= 15 is 0 Å². The van der Waals surface area contributed by atoms with Crippen LogP contribution in [0.2, 0.25) is 0 Å². The van der Waals surface area contributed by atoms with Crippen LogP contribution < -0.4 is 5.32 Å². The molecule has 134 valence electrons. The monoisotopic (exact) mass is 352 g/mol. The van der Waals surface area contributed by atoms with Crippen molar-refractivity contribution in [1.82, 2.24) is 9.62 Å². The Bertz CT molecular complexity index is 623. The third-order valence-electron chi connectivity index (χ3n) is 4.63. The number of hydrogen-bond donors (Lipinski definition) is 1. The van der Waals surface area contributed by atoms with E-state index in [0.717, 1.165) is 12.0 Å². The third kappa shape index (κ3) is 5.05. The second kappa shape index (κ2) is 8.62. The van der Waals surface area contributed by atoms with Gasteiger partial charge in [-0.3, -0.25) is 4.79 Å². The molecule has 1 unspecified atom stereocenters. The van der Waals surface area contributed by atoms with Crippen LogP contribution in [0.4, 0.5) is 0 Å². The number of carbonyl (C=O) groups is 1. The topological polar surface area (TPSA) is 66.5 Å². The summed E-state index contributed by atoms with van der Waals surface area (Å²) in [7, 11) is -3.16. The van der Waals surface area contributed by atoms with Gasteiger partial charge >= 0.3 is 0 Å². The van der Waals surface area contributed by atoms with Gasteiger partial charge in [0.2, 0.25) is 15.9 Å². The zero-order chi connectivity index (χ0) is 17.6. The molecular weight excluding hydrogens is 324 g/mol. The van der Waals surface area contributed by atoms with E-state index in [2.05, 4.69) is 5.32 Å². The standard InChI is InChI=1S/C18H28N2O3S/c1-3-4-14-24(22,23)20-12-10-17(11-13-20)18(21)19-15(2)16-8-6-5-7-9-16/h5-9,15,17H,3-4,10-14H2,1-2H3,(H,19,21). The van der Waals surface area contributed by atoms with Crippen LogP contribution in [0.15, 0.2) is 30.3 Å². The van der Waals surface area contributed by atoms with E-state index < -0.39 is 10.0 Å². The molecule has 1 aromatic rings. The highest BCUT2D eigenvalue weighted by Gasteiger charge is 2.31. The lowest BCUT2D eigenvalue weighted by atomic mass is 9.96. The molecule has 0 saturated carbocycles. The van der Waals surface area contributed by atoms with E-state index in [1.54, 1.807) is 4.31 Å². The summed E-state index contributed by atoms with van der Waals surface area (Å²) in [5.74, 6) is 0.136. The first-order valence-electron chi connectivity index (χ1n) is 8.77. The van der Waals surface area contributed by atoms with Crippen molar-refractivity contribution in [1.29, 1.82) is 0 Å². The summed E-state index contributed by atoms with van der Waals surface area (Å²) in [4.78, 5) is 12.4. The summed E-state index contributed by atoms with van der Waals surface area (Å²) in [5, 5.41) is 3.05. The number of nitrogens with zero attached hydrogens (tertiary/aromatic N) is 1. The smallest absolute Gasteiger partial charge is 0.223 e. The molecule has 5 nitrogen and oxygen atoms in total. The van der Waals surface area contributed by atoms with Gasteiger partial charge in [0.05, 0.1) is 11.8 Å². The van der Waals surface area contributed by atoms with E-state index in [-0.39, 0.29) is 23.6 Å². The van der Waals surface area contributed by atoms with Crippen LogP contribution in [0.1, 0.15) is 51.1 Å². The van der Waals surface area contributed by atoms with Crippen LogP contribution in [-0.4, -0.2) is 37.5 Å². The lowest BCUT2D eigenvalue weighted by Gasteiger charge is -2.31. The number of rotatable bonds is 7. The van der Waals surface area contributed by atoms with Gasteiger partial charge in [-0.1, -0.05) is 43.7 Å². The maximum Gasteiger partial charge on any atom is 0.223 e. The van der Waals surface area contributed by atoms with Crippen molar-refractivity contribution in [2.45, 2.75) is 45.6 Å². The quantitative estimate of drug-likeness (QED) is 0.820. The van der Waals surface area contributed by atoms with E-state index in [1.807, 2.05) is 44.2 Å². The van der Waals surface area contributed by atoms with E-state index in [9.17, 15) is 13.2 Å². The number of benzene rings is 1. The lowest BCUT2D eigenvalue weighted by Crippen LogP contribution is -2.44. The van der Waals surface area contributed by atoms with Crippen LogP contribution in [0.3, 0.4) is 0 Å². The van der Waals surface area contributed by atoms with Gasteiger partial charge in [0, 0.05) is 19.0 Å². The highest BCUT2D eigenvalue weighted by molar-refractivity contribution is 7.89. The van der Waals surface area contributed by atoms with Gasteiger partial charge in [-0.15, -0.1) is 0 Å². The predicted molar refractivity (Wildman–Crippen MR) is 96.0 cm³/mol. The second-order valence-electron chi connectivity index (χ2n) is 6.48. The number of sulfonamides is 1. The van der Waals surface area contributed by atoms with Gasteiger partial charge < -0.3 is 5.32 Å². The number of unbranched alkanes of at least 4 members (excludes halogenated alkanes) is 1. The lowest BCUT2D eigenvalue weighted by molar-refractivity contribution is -0.126. The van der Waals surface area contributed by atoms with Gasteiger partial charge in [-0.05, 0) is 31.7 Å². The fourth-order valence-electron chi connectivity index (χ4n) is 3.01. The van der Waals surface area contributed by atoms with Crippen molar-refractivity contribution in [2.75, 3.05) is 18.8 Å². The SMILES string of the molecule is CCCCS(=O)(=O)N1CCC(C(=O)NC(C)c2ccccc2)CC1. The molecule has 2 rings (SSSR count). The van der Waals surface area contributed by atoms with E-state index in [4.69, 9.17) is 0 Å². The molecule has 24 heavy (non-hydrogen) atoms. The minimum atomic E-state index is -3.16. The number of nitrogens with one attached hydrogen (secondary N) is 1. The second-order valence-corrected chi connectivity index (χ2v) is 8.57. The molecule has 1 atom stereocenters. The van der Waals surface area contributed by atoms with Crippen molar-refractivity contribution in [2.24, 2.45) is 5.92 Å². The Morgan fingerprint density at radius 1 is 1.25 bits per heavy atom. The molecule has 0 aliphatic carbocycles. The minimum Gasteiger partial charge on any atom is -0.349 e. The van der Waals surface area contributed by atoms with Crippen molar-refractivity contribution in [3.05, 3.63) is 35.9 Å². The van der Waals surface area contributed by atoms with Crippen LogP contribution in [0.5, 0.6) is 0 Å². The average molecular weight is 353 g/mol. The summed E-state index contributed by atoms with van der Waals surface area (Å²) >= 11 is 0. The summed E-state index contributed by atoms with van der Waals surface area (Å²) < 4.78 is 26.0. The van der Waals surface area contributed by atoms with Gasteiger partial charge in [-0.2, -0.15) is 0 Å². The number of carbonyl (C=O) groups excluding carboxylic acids is 1. The Hall–Kier alpha value is -1.40. The fourth-order valence-corrected chi connectivity index (χ4v) is 4.69. The molecule has 1 N–H and O–H groups in total. The Morgan fingerprint density at radius 2 is 1.88 bits per heavy atom. The summed E-state index contributed by atoms with van der Waals surface area (Å²) in [6.07, 6.45) is 2.75. The first kappa shape index (κ1) is 18.9. The van der Waals surface area contributed by atoms with Crippen molar-refractivity contribution < 1.29 is 13.2 Å². The summed E-state index contributed by atoms with van der Waals surface area (Å²) in [6.45, 7) is 4.85. The van der Waals surface area contributed by atoms with Crippen LogP contribution in [0.25, 0.3) is 0 Å². The molecule has 1 aliphatic rings. The molecule has 1 aliphatic heterocycles. The molecule has 1 heterocycles. The van der Waals surface area contributed by atoms with Crippen LogP contribution in [-0.2, 0) is 14.8 Å². The number of piperidine rings is 1. The highest BCUT2D eigenvalue weighted by atomic mass is 32.2. The highest BCUT2D eigenvalue weighted by Crippen LogP contribution is 2.22. The molecule has 6 heteroatoms. The molecule has 1 amide bonds. The predicted octanol–water partition coefficient (Wildman–Crippen LogP) is 2.71. The Kier molecular flexibility index (Phi) is 6.80. The molecule has 0 bridgehead atoms. The summed E-state index contributed by atoms with van der Waals surface area (Å²) in [5.41, 5.74) is 1.07. The fraction of sp³-hybridized carbons (Fsp3) is 0.611. The molecule has 0 spiro atoms. The normalized spacial score (nSPS) is 18.2. The minimum absolute atomic E-state index is 0.0250. The number of amides is 1. The maximum absolute atomic E-state index is 12.4.